The van der Waals surface area contributed by atoms with Gasteiger partial charge in [0, 0.05) is 6.54 Å². The normalized spacial score (nSPS) is 21.9. The number of hydrogen-bond acceptors (Lipinski definition) is 7. The Labute approximate surface area is 120 Å². The Bertz CT molecular complexity index is 565. The summed E-state index contributed by atoms with van der Waals surface area (Å²) in [5.41, 5.74) is -0.402. The molecule has 2 unspecified atom stereocenters. The highest BCUT2D eigenvalue weighted by Crippen LogP contribution is 2.37. The quantitative estimate of drug-likeness (QED) is 0.647. The Kier molecular flexibility index (Phi) is 4.20. The lowest BCUT2D eigenvalue weighted by atomic mass is 9.92. The number of piperidine rings is 1. The average molecular weight is 296 g/mol. The Morgan fingerprint density at radius 1 is 1.57 bits per heavy atom. The fraction of sp³-hybridized carbons (Fsp3) is 0.583. The fourth-order valence-corrected chi connectivity index (χ4v) is 2.50. The van der Waals surface area contributed by atoms with E-state index in [4.69, 9.17) is 4.74 Å². The molecule has 0 aromatic carbocycles. The van der Waals surface area contributed by atoms with E-state index >= 15 is 0 Å². The smallest absolute Gasteiger partial charge is 0.372 e. The monoisotopic (exact) mass is 296 g/mol. The van der Waals surface area contributed by atoms with Crippen molar-refractivity contribution < 1.29 is 19.6 Å². The fourth-order valence-electron chi connectivity index (χ4n) is 2.50. The third-order valence-electron chi connectivity index (χ3n) is 3.57. The summed E-state index contributed by atoms with van der Waals surface area (Å²) < 4.78 is 4.89. The first-order chi connectivity index (χ1) is 9.95. The van der Waals surface area contributed by atoms with Crippen LogP contribution in [0.4, 0.5) is 11.5 Å². The van der Waals surface area contributed by atoms with Gasteiger partial charge in [0.25, 0.3) is 5.88 Å². The molecule has 2 rings (SSSR count). The first-order valence-electron chi connectivity index (χ1n) is 6.48. The Morgan fingerprint density at radius 3 is 2.86 bits per heavy atom. The van der Waals surface area contributed by atoms with Crippen LogP contribution in [-0.2, 0) is 4.79 Å². The number of ether oxygens (including phenoxy) is 1. The highest BCUT2D eigenvalue weighted by atomic mass is 16.6. The van der Waals surface area contributed by atoms with E-state index in [1.54, 1.807) is 0 Å². The van der Waals surface area contributed by atoms with Crippen LogP contribution in [0.15, 0.2) is 6.33 Å². The van der Waals surface area contributed by atoms with Gasteiger partial charge in [0.2, 0.25) is 5.82 Å². The highest BCUT2D eigenvalue weighted by molar-refractivity contribution is 5.80. The van der Waals surface area contributed by atoms with Crippen LogP contribution in [0.5, 0.6) is 5.88 Å². The molecule has 1 aliphatic rings. The van der Waals surface area contributed by atoms with E-state index in [1.807, 2.05) is 6.92 Å². The number of carboxylic acid groups (broad SMARTS) is 1. The van der Waals surface area contributed by atoms with E-state index in [2.05, 4.69) is 9.97 Å². The lowest BCUT2D eigenvalue weighted by Crippen LogP contribution is -2.47. The predicted molar refractivity (Wildman–Crippen MR) is 72.4 cm³/mol. The van der Waals surface area contributed by atoms with Crippen molar-refractivity contribution >= 4 is 17.5 Å². The van der Waals surface area contributed by atoms with Gasteiger partial charge in [-0.15, -0.1) is 0 Å². The van der Waals surface area contributed by atoms with Gasteiger partial charge in [0.1, 0.15) is 12.4 Å². The number of carboxylic acids is 1. The minimum Gasteiger partial charge on any atom is -0.480 e. The van der Waals surface area contributed by atoms with Crippen molar-refractivity contribution in [3.8, 4) is 5.88 Å². The lowest BCUT2D eigenvalue weighted by Gasteiger charge is -2.36. The van der Waals surface area contributed by atoms with Crippen LogP contribution < -0.4 is 9.64 Å². The molecular formula is C12H16N4O5. The molecule has 9 nitrogen and oxygen atoms in total. The number of anilines is 1. The number of hydrogen-bond donors (Lipinski definition) is 1. The van der Waals surface area contributed by atoms with Crippen LogP contribution in [0.1, 0.15) is 19.8 Å². The molecule has 1 aromatic rings. The maximum Gasteiger partial charge on any atom is 0.372 e. The molecule has 1 aliphatic heterocycles. The summed E-state index contributed by atoms with van der Waals surface area (Å²) in [5.74, 6) is -0.961. The standard InChI is InChI=1S/C12H16N4O5/c1-7-3-4-15(8(5-7)12(17)18)10-9(16(19)20)11(21-2)14-6-13-10/h6-8H,3-5H2,1-2H3,(H,17,18). The van der Waals surface area contributed by atoms with Gasteiger partial charge in [-0.1, -0.05) is 6.92 Å². The minimum absolute atomic E-state index is 0.00819. The number of nitro groups is 1. The molecule has 0 radical (unpaired) electrons. The number of methoxy groups -OCH3 is 1. The molecule has 1 fully saturated rings. The summed E-state index contributed by atoms with van der Waals surface area (Å²) in [5, 5.41) is 20.6. The van der Waals surface area contributed by atoms with Gasteiger partial charge in [-0.05, 0) is 18.8 Å². The molecule has 0 aliphatic carbocycles. The summed E-state index contributed by atoms with van der Waals surface area (Å²) in [4.78, 5) is 31.1. The maximum atomic E-state index is 11.4. The number of nitrogens with zero attached hydrogens (tertiary/aromatic N) is 4. The first kappa shape index (κ1) is 14.9. The van der Waals surface area contributed by atoms with Crippen molar-refractivity contribution in [2.75, 3.05) is 18.6 Å². The molecule has 9 heteroatoms. The number of rotatable bonds is 4. The van der Waals surface area contributed by atoms with E-state index < -0.39 is 22.6 Å². The second-order valence-corrected chi connectivity index (χ2v) is 4.99. The van der Waals surface area contributed by atoms with Gasteiger partial charge in [0.05, 0.1) is 12.0 Å². The number of aromatic nitrogens is 2. The van der Waals surface area contributed by atoms with Crippen LogP contribution in [0.25, 0.3) is 0 Å². The number of carbonyl (C=O) groups is 1. The summed E-state index contributed by atoms with van der Waals surface area (Å²) >= 11 is 0. The third kappa shape index (κ3) is 2.86. The Morgan fingerprint density at radius 2 is 2.29 bits per heavy atom. The summed E-state index contributed by atoms with van der Waals surface area (Å²) in [6.45, 7) is 2.35. The Hall–Kier alpha value is -2.45. The minimum atomic E-state index is -1.02. The molecule has 1 aromatic heterocycles. The van der Waals surface area contributed by atoms with Gasteiger partial charge >= 0.3 is 11.7 Å². The highest BCUT2D eigenvalue weighted by Gasteiger charge is 2.37. The van der Waals surface area contributed by atoms with Gasteiger partial charge in [-0.2, -0.15) is 4.98 Å². The average Bonchev–Trinajstić information content (AvgIpc) is 2.46. The molecule has 21 heavy (non-hydrogen) atoms. The summed E-state index contributed by atoms with van der Waals surface area (Å²) in [6, 6.07) is -0.841. The van der Waals surface area contributed by atoms with Crippen molar-refractivity contribution in [2.24, 2.45) is 5.92 Å². The second-order valence-electron chi connectivity index (χ2n) is 4.99. The van der Waals surface area contributed by atoms with Crippen molar-refractivity contribution in [3.63, 3.8) is 0 Å². The molecule has 0 amide bonds. The van der Waals surface area contributed by atoms with E-state index in [0.29, 0.717) is 13.0 Å². The molecular weight excluding hydrogens is 280 g/mol. The maximum absolute atomic E-state index is 11.4. The molecule has 0 saturated carbocycles. The van der Waals surface area contributed by atoms with Crippen molar-refractivity contribution in [1.29, 1.82) is 0 Å². The lowest BCUT2D eigenvalue weighted by molar-refractivity contribution is -0.385. The SMILES string of the molecule is COc1ncnc(N2CCC(C)CC2C(=O)O)c1[N+](=O)[O-]. The largest absolute Gasteiger partial charge is 0.480 e. The van der Waals surface area contributed by atoms with E-state index in [9.17, 15) is 20.0 Å². The van der Waals surface area contributed by atoms with Crippen molar-refractivity contribution in [1.82, 2.24) is 9.97 Å². The van der Waals surface area contributed by atoms with Crippen LogP contribution in [0.2, 0.25) is 0 Å². The van der Waals surface area contributed by atoms with Gasteiger partial charge < -0.3 is 14.7 Å². The third-order valence-corrected chi connectivity index (χ3v) is 3.57. The van der Waals surface area contributed by atoms with Crippen LogP contribution in [0, 0.1) is 16.0 Å². The van der Waals surface area contributed by atoms with E-state index in [1.165, 1.54) is 12.0 Å². The molecule has 1 saturated heterocycles. The molecule has 0 bridgehead atoms. The molecule has 2 heterocycles. The van der Waals surface area contributed by atoms with Gasteiger partial charge in [-0.25, -0.2) is 9.78 Å². The second kappa shape index (κ2) is 5.90. The number of aliphatic carboxylic acids is 1. The van der Waals surface area contributed by atoms with E-state index in [-0.39, 0.29) is 17.6 Å². The zero-order valence-electron chi connectivity index (χ0n) is 11.7. The van der Waals surface area contributed by atoms with Crippen LogP contribution in [-0.4, -0.2) is 45.7 Å². The Balaban J connectivity index is 2.49. The predicted octanol–water partition coefficient (Wildman–Crippen LogP) is 1.08. The van der Waals surface area contributed by atoms with Crippen LogP contribution >= 0.6 is 0 Å². The van der Waals surface area contributed by atoms with Crippen LogP contribution in [0.3, 0.4) is 0 Å². The molecule has 114 valence electrons. The molecule has 2 atom stereocenters. The summed E-state index contributed by atoms with van der Waals surface area (Å²) in [6.07, 6.45) is 2.30. The zero-order chi connectivity index (χ0) is 15.6. The summed E-state index contributed by atoms with van der Waals surface area (Å²) in [7, 11) is 1.27. The van der Waals surface area contributed by atoms with Crippen molar-refractivity contribution in [3.05, 3.63) is 16.4 Å². The zero-order valence-corrected chi connectivity index (χ0v) is 11.7. The molecule has 1 N–H and O–H groups in total. The first-order valence-corrected chi connectivity index (χ1v) is 6.48. The van der Waals surface area contributed by atoms with Crippen molar-refractivity contribution in [2.45, 2.75) is 25.8 Å². The van der Waals surface area contributed by atoms with Gasteiger partial charge in [0.15, 0.2) is 0 Å². The van der Waals surface area contributed by atoms with E-state index in [0.717, 1.165) is 12.7 Å². The van der Waals surface area contributed by atoms with Gasteiger partial charge in [-0.3, -0.25) is 10.1 Å². The molecule has 0 spiro atoms. The topological polar surface area (TPSA) is 119 Å².